The zero-order chi connectivity index (χ0) is 13.8. The summed E-state index contributed by atoms with van der Waals surface area (Å²) >= 11 is 5.77. The topological polar surface area (TPSA) is 12.0 Å². The van der Waals surface area contributed by atoms with Crippen molar-refractivity contribution < 1.29 is 4.39 Å². The van der Waals surface area contributed by atoms with Crippen LogP contribution in [0.25, 0.3) is 0 Å². The van der Waals surface area contributed by atoms with Crippen LogP contribution in [0.4, 0.5) is 10.1 Å². The normalized spacial score (nSPS) is 12.2. The molecule has 0 aliphatic heterocycles. The Hall–Kier alpha value is -1.54. The molecule has 0 radical (unpaired) electrons. The molecule has 2 rings (SSSR count). The molecule has 1 nitrogen and oxygen atoms in total. The Balaban J connectivity index is 2.15. The largest absolute Gasteiger partial charge is 0.376 e. The highest BCUT2D eigenvalue weighted by atomic mass is 35.5. The van der Waals surface area contributed by atoms with Crippen LogP contribution in [0.1, 0.15) is 31.0 Å². The quantitative estimate of drug-likeness (QED) is 0.808. The molecule has 2 aromatic carbocycles. The first kappa shape index (κ1) is 13.9. The van der Waals surface area contributed by atoms with E-state index in [-0.39, 0.29) is 11.1 Å². The molecule has 0 fully saturated rings. The van der Waals surface area contributed by atoms with Gasteiger partial charge < -0.3 is 5.32 Å². The van der Waals surface area contributed by atoms with E-state index in [1.165, 1.54) is 5.56 Å². The van der Waals surface area contributed by atoms with Crippen molar-refractivity contribution in [2.75, 3.05) is 5.32 Å². The zero-order valence-corrected chi connectivity index (χ0v) is 11.8. The van der Waals surface area contributed by atoms with E-state index in [2.05, 4.69) is 36.5 Å². The Bertz CT molecular complexity index is 551. The lowest BCUT2D eigenvalue weighted by molar-refractivity contribution is 0.628. The van der Waals surface area contributed by atoms with Crippen LogP contribution in [0.2, 0.25) is 5.02 Å². The molecule has 0 bridgehead atoms. The van der Waals surface area contributed by atoms with E-state index in [0.29, 0.717) is 5.69 Å². The fourth-order valence-electron chi connectivity index (χ4n) is 1.97. The van der Waals surface area contributed by atoms with Crippen molar-refractivity contribution in [1.29, 1.82) is 0 Å². The first-order valence-electron chi connectivity index (χ1n) is 6.41. The summed E-state index contributed by atoms with van der Waals surface area (Å²) in [5, 5.41) is 3.28. The van der Waals surface area contributed by atoms with Gasteiger partial charge in [0.05, 0.1) is 10.7 Å². The maximum absolute atomic E-state index is 13.8. The van der Waals surface area contributed by atoms with Crippen molar-refractivity contribution in [2.24, 2.45) is 0 Å². The minimum atomic E-state index is -0.402. The molecule has 0 saturated carbocycles. The number of rotatable bonds is 4. The predicted molar refractivity (Wildman–Crippen MR) is 79.3 cm³/mol. The van der Waals surface area contributed by atoms with Crippen LogP contribution in [0, 0.1) is 5.82 Å². The van der Waals surface area contributed by atoms with Gasteiger partial charge in [0.15, 0.2) is 5.82 Å². The Morgan fingerprint density at radius 2 is 1.84 bits per heavy atom. The Labute approximate surface area is 118 Å². The second kappa shape index (κ2) is 6.07. The summed E-state index contributed by atoms with van der Waals surface area (Å²) in [7, 11) is 0. The third kappa shape index (κ3) is 3.27. The van der Waals surface area contributed by atoms with E-state index in [1.54, 1.807) is 18.2 Å². The zero-order valence-electron chi connectivity index (χ0n) is 11.1. The molecule has 1 atom stereocenters. The highest BCUT2D eigenvalue weighted by molar-refractivity contribution is 6.31. The molecule has 0 amide bonds. The van der Waals surface area contributed by atoms with E-state index < -0.39 is 5.82 Å². The first-order valence-corrected chi connectivity index (χ1v) is 6.79. The predicted octanol–water partition coefficient (Wildman–Crippen LogP) is 5.21. The number of nitrogens with one attached hydrogen (secondary N) is 1. The van der Waals surface area contributed by atoms with Gasteiger partial charge in [-0.05, 0) is 36.6 Å². The third-order valence-corrected chi connectivity index (χ3v) is 3.50. The van der Waals surface area contributed by atoms with Gasteiger partial charge in [0.1, 0.15) is 0 Å². The van der Waals surface area contributed by atoms with Gasteiger partial charge in [-0.3, -0.25) is 0 Å². The lowest BCUT2D eigenvalue weighted by Gasteiger charge is -2.17. The summed E-state index contributed by atoms with van der Waals surface area (Å²) in [4.78, 5) is 0. The summed E-state index contributed by atoms with van der Waals surface area (Å²) in [6, 6.07) is 13.3. The highest BCUT2D eigenvalue weighted by Gasteiger charge is 2.10. The molecular weight excluding hydrogens is 261 g/mol. The van der Waals surface area contributed by atoms with Crippen LogP contribution in [0.3, 0.4) is 0 Å². The Morgan fingerprint density at radius 3 is 2.47 bits per heavy atom. The van der Waals surface area contributed by atoms with Gasteiger partial charge in [-0.25, -0.2) is 4.39 Å². The lowest BCUT2D eigenvalue weighted by atomic mass is 10.0. The number of anilines is 1. The van der Waals surface area contributed by atoms with Gasteiger partial charge in [0.25, 0.3) is 0 Å². The van der Waals surface area contributed by atoms with E-state index >= 15 is 0 Å². The molecule has 0 aromatic heterocycles. The molecule has 0 aliphatic carbocycles. The molecule has 2 aromatic rings. The SMILES string of the molecule is CCc1ccc(C(C)Nc2cccc(Cl)c2F)cc1. The van der Waals surface area contributed by atoms with Gasteiger partial charge >= 0.3 is 0 Å². The summed E-state index contributed by atoms with van der Waals surface area (Å²) < 4.78 is 13.8. The number of hydrogen-bond donors (Lipinski definition) is 1. The Morgan fingerprint density at radius 1 is 1.16 bits per heavy atom. The molecular formula is C16H17ClFN. The molecule has 100 valence electrons. The summed E-state index contributed by atoms with van der Waals surface area (Å²) in [5.74, 6) is -0.402. The van der Waals surface area contributed by atoms with Crippen molar-refractivity contribution in [2.45, 2.75) is 26.3 Å². The van der Waals surface area contributed by atoms with Crippen LogP contribution in [-0.2, 0) is 6.42 Å². The van der Waals surface area contributed by atoms with Crippen LogP contribution >= 0.6 is 11.6 Å². The fraction of sp³-hybridized carbons (Fsp3) is 0.250. The summed E-state index contributed by atoms with van der Waals surface area (Å²) in [5.41, 5.74) is 2.85. The maximum Gasteiger partial charge on any atom is 0.164 e. The average Bonchev–Trinajstić information content (AvgIpc) is 2.44. The van der Waals surface area contributed by atoms with Gasteiger partial charge in [-0.15, -0.1) is 0 Å². The summed E-state index contributed by atoms with van der Waals surface area (Å²) in [6.07, 6.45) is 1.02. The van der Waals surface area contributed by atoms with E-state index in [1.807, 2.05) is 6.92 Å². The fourth-order valence-corrected chi connectivity index (χ4v) is 2.15. The maximum atomic E-state index is 13.8. The standard InChI is InChI=1S/C16H17ClFN/c1-3-12-7-9-13(10-8-12)11(2)19-15-6-4-5-14(17)16(15)18/h4-11,19H,3H2,1-2H3. The van der Waals surface area contributed by atoms with Crippen LogP contribution in [-0.4, -0.2) is 0 Å². The molecule has 0 saturated heterocycles. The second-order valence-corrected chi connectivity index (χ2v) is 4.97. The number of benzene rings is 2. The lowest BCUT2D eigenvalue weighted by Crippen LogP contribution is -2.08. The van der Waals surface area contributed by atoms with Crippen molar-refractivity contribution >= 4 is 17.3 Å². The van der Waals surface area contributed by atoms with Crippen molar-refractivity contribution in [3.63, 3.8) is 0 Å². The van der Waals surface area contributed by atoms with Gasteiger partial charge in [0, 0.05) is 6.04 Å². The molecule has 1 unspecified atom stereocenters. The van der Waals surface area contributed by atoms with E-state index in [9.17, 15) is 4.39 Å². The molecule has 0 heterocycles. The molecule has 3 heteroatoms. The van der Waals surface area contributed by atoms with Crippen molar-refractivity contribution in [1.82, 2.24) is 0 Å². The smallest absolute Gasteiger partial charge is 0.164 e. The van der Waals surface area contributed by atoms with E-state index in [0.717, 1.165) is 12.0 Å². The second-order valence-electron chi connectivity index (χ2n) is 4.56. The third-order valence-electron chi connectivity index (χ3n) is 3.21. The van der Waals surface area contributed by atoms with Crippen LogP contribution in [0.15, 0.2) is 42.5 Å². The molecule has 0 spiro atoms. The van der Waals surface area contributed by atoms with Crippen LogP contribution in [0.5, 0.6) is 0 Å². The number of aryl methyl sites for hydroxylation is 1. The number of halogens is 2. The highest BCUT2D eigenvalue weighted by Crippen LogP contribution is 2.26. The molecule has 19 heavy (non-hydrogen) atoms. The first-order chi connectivity index (χ1) is 9.11. The van der Waals surface area contributed by atoms with Gasteiger partial charge in [-0.2, -0.15) is 0 Å². The van der Waals surface area contributed by atoms with E-state index in [4.69, 9.17) is 11.6 Å². The van der Waals surface area contributed by atoms with Gasteiger partial charge in [0.2, 0.25) is 0 Å². The number of hydrogen-bond acceptors (Lipinski definition) is 1. The van der Waals surface area contributed by atoms with Gasteiger partial charge in [-0.1, -0.05) is 48.9 Å². The van der Waals surface area contributed by atoms with Crippen molar-refractivity contribution in [3.8, 4) is 0 Å². The minimum Gasteiger partial charge on any atom is -0.376 e. The molecule has 0 aliphatic rings. The van der Waals surface area contributed by atoms with Crippen LogP contribution < -0.4 is 5.32 Å². The molecule has 1 N–H and O–H groups in total. The Kier molecular flexibility index (Phi) is 4.43. The monoisotopic (exact) mass is 277 g/mol. The average molecular weight is 278 g/mol. The minimum absolute atomic E-state index is 0.0267. The summed E-state index contributed by atoms with van der Waals surface area (Å²) in [6.45, 7) is 4.12. The van der Waals surface area contributed by atoms with Crippen molar-refractivity contribution in [3.05, 3.63) is 64.4 Å².